The molecule has 176 valence electrons. The van der Waals surface area contributed by atoms with Crippen molar-refractivity contribution in [1.82, 2.24) is 10.3 Å². The summed E-state index contributed by atoms with van der Waals surface area (Å²) in [6, 6.07) is 9.96. The van der Waals surface area contributed by atoms with E-state index in [4.69, 9.17) is 5.73 Å². The summed E-state index contributed by atoms with van der Waals surface area (Å²) >= 11 is 0.895. The minimum absolute atomic E-state index is 0.0596. The molecule has 9 heteroatoms. The summed E-state index contributed by atoms with van der Waals surface area (Å²) in [6.07, 6.45) is 7.83. The number of hydrogen-bond acceptors (Lipinski definition) is 6. The second kappa shape index (κ2) is 10.6. The molecule has 0 radical (unpaired) electrons. The Balaban J connectivity index is 1.37. The summed E-state index contributed by atoms with van der Waals surface area (Å²) in [5.74, 6) is -3.06. The lowest BCUT2D eigenvalue weighted by Crippen LogP contribution is -2.24. The Morgan fingerprint density at radius 3 is 2.47 bits per heavy atom. The number of nitrogens with two attached hydrogens (primary N) is 1. The Morgan fingerprint density at radius 2 is 1.79 bits per heavy atom. The summed E-state index contributed by atoms with van der Waals surface area (Å²) in [4.78, 5) is 29.0. The molecule has 1 aliphatic rings. The third kappa shape index (κ3) is 5.48. The molecule has 3 aromatic rings. The van der Waals surface area contributed by atoms with Crippen LogP contribution in [0.1, 0.15) is 57.7 Å². The predicted octanol–water partition coefficient (Wildman–Crippen LogP) is 5.60. The second-order valence-corrected chi connectivity index (χ2v) is 8.97. The molecule has 0 atom stereocenters. The Kier molecular flexibility index (Phi) is 7.32. The van der Waals surface area contributed by atoms with Crippen LogP contribution < -0.4 is 16.4 Å². The fourth-order valence-corrected chi connectivity index (χ4v) is 4.63. The van der Waals surface area contributed by atoms with Crippen LogP contribution in [0.4, 0.5) is 25.4 Å². The summed E-state index contributed by atoms with van der Waals surface area (Å²) in [7, 11) is 0. The number of halogens is 2. The summed E-state index contributed by atoms with van der Waals surface area (Å²) in [5.41, 5.74) is 7.71. The molecule has 4 N–H and O–H groups in total. The van der Waals surface area contributed by atoms with Gasteiger partial charge in [-0.15, -0.1) is 0 Å². The van der Waals surface area contributed by atoms with E-state index in [1.807, 2.05) is 0 Å². The fourth-order valence-electron chi connectivity index (χ4n) is 3.78. The topological polar surface area (TPSA) is 97.1 Å². The number of benzene rings is 2. The van der Waals surface area contributed by atoms with Crippen molar-refractivity contribution in [1.29, 1.82) is 0 Å². The molecule has 0 spiro atoms. The lowest BCUT2D eigenvalue weighted by atomic mass is 9.97. The molecule has 0 aliphatic heterocycles. The number of nitrogens with one attached hydrogen (secondary N) is 2. The van der Waals surface area contributed by atoms with Crippen molar-refractivity contribution in [3.8, 4) is 0 Å². The number of carbonyl (C=O) groups is 2. The highest BCUT2D eigenvalue weighted by Crippen LogP contribution is 2.31. The number of hydrogen-bond donors (Lipinski definition) is 3. The first-order valence-electron chi connectivity index (χ1n) is 11.0. The van der Waals surface area contributed by atoms with Gasteiger partial charge in [-0.2, -0.15) is 0 Å². The minimum Gasteiger partial charge on any atom is -0.382 e. The molecule has 0 saturated carbocycles. The average Bonchev–Trinajstić information content (AvgIpc) is 3.19. The number of nitrogens with zero attached hydrogens (tertiary/aromatic N) is 1. The lowest BCUT2D eigenvalue weighted by molar-refractivity contribution is 0.0953. The molecule has 0 fully saturated rings. The number of ketones is 1. The van der Waals surface area contributed by atoms with E-state index in [2.05, 4.69) is 21.7 Å². The zero-order valence-corrected chi connectivity index (χ0v) is 19.2. The van der Waals surface area contributed by atoms with Crippen molar-refractivity contribution in [3.63, 3.8) is 0 Å². The fraction of sp³-hybridized carbons (Fsp3) is 0.240. The van der Waals surface area contributed by atoms with E-state index in [9.17, 15) is 18.4 Å². The molecule has 1 aliphatic carbocycles. The van der Waals surface area contributed by atoms with Gasteiger partial charge in [-0.1, -0.05) is 29.1 Å². The molecular formula is C25H24F2N4O2S. The first-order chi connectivity index (χ1) is 16.4. The molecule has 0 bridgehead atoms. The maximum Gasteiger partial charge on any atom is 0.251 e. The number of thiazole rings is 1. The number of rotatable bonds is 8. The maximum absolute atomic E-state index is 14.0. The molecule has 1 aromatic heterocycles. The van der Waals surface area contributed by atoms with Gasteiger partial charge in [0.2, 0.25) is 5.78 Å². The van der Waals surface area contributed by atoms with Crippen molar-refractivity contribution in [2.45, 2.75) is 32.1 Å². The number of nitrogen functional groups attached to an aromatic ring is 1. The van der Waals surface area contributed by atoms with Crippen LogP contribution in [0.15, 0.2) is 54.1 Å². The van der Waals surface area contributed by atoms with Crippen LogP contribution in [-0.4, -0.2) is 23.2 Å². The van der Waals surface area contributed by atoms with Crippen LogP contribution in [0.25, 0.3) is 0 Å². The van der Waals surface area contributed by atoms with Crippen LogP contribution in [-0.2, 0) is 0 Å². The number of amides is 1. The quantitative estimate of drug-likeness (QED) is 0.287. The van der Waals surface area contributed by atoms with E-state index >= 15 is 0 Å². The maximum atomic E-state index is 14.0. The van der Waals surface area contributed by atoms with E-state index in [-0.39, 0.29) is 21.7 Å². The van der Waals surface area contributed by atoms with Crippen LogP contribution in [0.2, 0.25) is 0 Å². The number of anilines is 3. The zero-order valence-electron chi connectivity index (χ0n) is 18.4. The van der Waals surface area contributed by atoms with E-state index in [1.165, 1.54) is 24.5 Å². The van der Waals surface area contributed by atoms with E-state index in [1.54, 1.807) is 24.3 Å². The first kappa shape index (κ1) is 23.6. The standard InChI is InChI=1S/C25H24F2N4O2S/c26-18-7-4-8-19(27)20(18)21(32)22-23(28)31-25(34-22)30-17-11-9-16(10-12-17)24(33)29-14-13-15-5-2-1-3-6-15/h4-5,7-12H,1-3,6,13-14,28H2,(H,29,33)(H,30,31). The van der Waals surface area contributed by atoms with Gasteiger partial charge in [0.1, 0.15) is 22.3 Å². The van der Waals surface area contributed by atoms with Crippen molar-refractivity contribution in [3.05, 3.63) is 81.8 Å². The van der Waals surface area contributed by atoms with Gasteiger partial charge in [-0.25, -0.2) is 13.8 Å². The van der Waals surface area contributed by atoms with Crippen LogP contribution in [0.5, 0.6) is 0 Å². The van der Waals surface area contributed by atoms with Crippen molar-refractivity contribution < 1.29 is 18.4 Å². The van der Waals surface area contributed by atoms with Crippen molar-refractivity contribution >= 4 is 39.7 Å². The molecule has 4 rings (SSSR count). The van der Waals surface area contributed by atoms with Crippen molar-refractivity contribution in [2.24, 2.45) is 0 Å². The molecule has 1 amide bonds. The molecule has 6 nitrogen and oxygen atoms in total. The summed E-state index contributed by atoms with van der Waals surface area (Å²) in [5, 5.41) is 6.23. The molecule has 1 heterocycles. The van der Waals surface area contributed by atoms with Crippen LogP contribution in [0.3, 0.4) is 0 Å². The third-order valence-electron chi connectivity index (χ3n) is 5.56. The highest BCUT2D eigenvalue weighted by molar-refractivity contribution is 7.18. The van der Waals surface area contributed by atoms with Gasteiger partial charge in [0, 0.05) is 17.8 Å². The second-order valence-electron chi connectivity index (χ2n) is 7.98. The third-order valence-corrected chi connectivity index (χ3v) is 6.55. The minimum atomic E-state index is -0.961. The molecule has 2 aromatic carbocycles. The summed E-state index contributed by atoms with van der Waals surface area (Å²) < 4.78 is 28.0. The smallest absolute Gasteiger partial charge is 0.251 e. The normalized spacial score (nSPS) is 13.3. The van der Waals surface area contributed by atoms with Gasteiger partial charge in [0.15, 0.2) is 5.13 Å². The number of allylic oxidation sites excluding steroid dienone is 1. The first-order valence-corrected chi connectivity index (χ1v) is 11.8. The Hall–Kier alpha value is -3.59. The van der Waals surface area contributed by atoms with Gasteiger partial charge in [-0.3, -0.25) is 9.59 Å². The number of carbonyl (C=O) groups excluding carboxylic acids is 2. The molecular weight excluding hydrogens is 458 g/mol. The van der Waals surface area contributed by atoms with Gasteiger partial charge in [-0.05, 0) is 68.5 Å². The Labute approximate surface area is 199 Å². The molecule has 0 unspecified atom stereocenters. The summed E-state index contributed by atoms with van der Waals surface area (Å²) in [6.45, 7) is 0.600. The van der Waals surface area contributed by atoms with E-state index in [0.717, 1.165) is 42.7 Å². The van der Waals surface area contributed by atoms with E-state index in [0.29, 0.717) is 17.8 Å². The molecule has 0 saturated heterocycles. The molecule has 34 heavy (non-hydrogen) atoms. The van der Waals surface area contributed by atoms with Gasteiger partial charge < -0.3 is 16.4 Å². The monoisotopic (exact) mass is 482 g/mol. The van der Waals surface area contributed by atoms with Gasteiger partial charge >= 0.3 is 0 Å². The lowest BCUT2D eigenvalue weighted by Gasteiger charge is -2.13. The van der Waals surface area contributed by atoms with Crippen LogP contribution in [0, 0.1) is 11.6 Å². The Bertz CT molecular complexity index is 1220. The average molecular weight is 483 g/mol. The number of aromatic nitrogens is 1. The predicted molar refractivity (Wildman–Crippen MR) is 130 cm³/mol. The van der Waals surface area contributed by atoms with Gasteiger partial charge in [0.05, 0.1) is 5.56 Å². The van der Waals surface area contributed by atoms with Crippen LogP contribution >= 0.6 is 11.3 Å². The Morgan fingerprint density at radius 1 is 1.06 bits per heavy atom. The van der Waals surface area contributed by atoms with Gasteiger partial charge in [0.25, 0.3) is 5.91 Å². The highest BCUT2D eigenvalue weighted by Gasteiger charge is 2.24. The SMILES string of the molecule is Nc1nc(Nc2ccc(C(=O)NCCC3=CCCCC3)cc2)sc1C(=O)c1c(F)cccc1F. The highest BCUT2D eigenvalue weighted by atomic mass is 32.1. The largest absolute Gasteiger partial charge is 0.382 e. The van der Waals surface area contributed by atoms with E-state index < -0.39 is 23.0 Å². The van der Waals surface area contributed by atoms with Crippen molar-refractivity contribution in [2.75, 3.05) is 17.6 Å². The zero-order chi connectivity index (χ0) is 24.1.